The second kappa shape index (κ2) is 5.06. The maximum Gasteiger partial charge on any atom is 0.0532 e. The third kappa shape index (κ3) is 2.55. The minimum absolute atomic E-state index is 0.784. The van der Waals surface area contributed by atoms with Crippen molar-refractivity contribution in [2.45, 2.75) is 13.5 Å². The van der Waals surface area contributed by atoms with Crippen molar-refractivity contribution < 1.29 is 0 Å². The second-order valence-electron chi connectivity index (χ2n) is 4.62. The van der Waals surface area contributed by atoms with Crippen LogP contribution < -0.4 is 5.32 Å². The predicted octanol–water partition coefficient (Wildman–Crippen LogP) is 3.55. The van der Waals surface area contributed by atoms with Crippen LogP contribution in [0.2, 0.25) is 0 Å². The first kappa shape index (κ1) is 11.7. The number of nitrogens with zero attached hydrogens (tertiary/aromatic N) is 2. The van der Waals surface area contributed by atoms with Gasteiger partial charge in [0.1, 0.15) is 0 Å². The molecule has 0 atom stereocenters. The van der Waals surface area contributed by atoms with Gasteiger partial charge in [-0.3, -0.25) is 9.97 Å². The monoisotopic (exact) mass is 249 g/mol. The molecular formula is C16H15N3. The van der Waals surface area contributed by atoms with E-state index in [1.807, 2.05) is 31.7 Å². The quantitative estimate of drug-likeness (QED) is 0.771. The summed E-state index contributed by atoms with van der Waals surface area (Å²) in [6.07, 6.45) is 7.43. The molecule has 0 amide bonds. The zero-order valence-electron chi connectivity index (χ0n) is 10.8. The first-order chi connectivity index (χ1) is 9.33. The van der Waals surface area contributed by atoms with E-state index in [0.29, 0.717) is 0 Å². The SMILES string of the molecule is Cc1cncc(NCc2cccc3cnccc23)c1. The summed E-state index contributed by atoms with van der Waals surface area (Å²) < 4.78 is 0. The summed E-state index contributed by atoms with van der Waals surface area (Å²) in [5, 5.41) is 5.82. The van der Waals surface area contributed by atoms with Crippen LogP contribution >= 0.6 is 0 Å². The van der Waals surface area contributed by atoms with Gasteiger partial charge in [-0.25, -0.2) is 0 Å². The van der Waals surface area contributed by atoms with Gasteiger partial charge in [0.2, 0.25) is 0 Å². The van der Waals surface area contributed by atoms with Crippen LogP contribution in [0.4, 0.5) is 5.69 Å². The van der Waals surface area contributed by atoms with E-state index >= 15 is 0 Å². The lowest BCUT2D eigenvalue weighted by Gasteiger charge is -2.09. The van der Waals surface area contributed by atoms with Gasteiger partial charge in [-0.15, -0.1) is 0 Å². The Labute approximate surface area is 112 Å². The molecule has 3 nitrogen and oxygen atoms in total. The summed E-state index contributed by atoms with van der Waals surface area (Å²) in [6, 6.07) is 10.4. The van der Waals surface area contributed by atoms with E-state index in [0.717, 1.165) is 17.8 Å². The second-order valence-corrected chi connectivity index (χ2v) is 4.62. The van der Waals surface area contributed by atoms with Crippen LogP contribution in [0, 0.1) is 6.92 Å². The molecule has 94 valence electrons. The number of pyridine rings is 2. The van der Waals surface area contributed by atoms with Crippen LogP contribution in [-0.2, 0) is 6.54 Å². The van der Waals surface area contributed by atoms with Crippen LogP contribution in [0.3, 0.4) is 0 Å². The number of hydrogen-bond acceptors (Lipinski definition) is 3. The van der Waals surface area contributed by atoms with Crippen molar-refractivity contribution in [1.82, 2.24) is 9.97 Å². The van der Waals surface area contributed by atoms with Crippen molar-refractivity contribution in [3.8, 4) is 0 Å². The summed E-state index contributed by atoms with van der Waals surface area (Å²) in [5.41, 5.74) is 3.47. The number of benzene rings is 1. The fourth-order valence-electron chi connectivity index (χ4n) is 2.19. The first-order valence-corrected chi connectivity index (χ1v) is 6.30. The van der Waals surface area contributed by atoms with E-state index in [4.69, 9.17) is 0 Å². The molecule has 0 radical (unpaired) electrons. The summed E-state index contributed by atoms with van der Waals surface area (Å²) >= 11 is 0. The Morgan fingerprint density at radius 2 is 2.00 bits per heavy atom. The van der Waals surface area contributed by atoms with Crippen LogP contribution in [0.1, 0.15) is 11.1 Å². The molecule has 2 aromatic heterocycles. The van der Waals surface area contributed by atoms with Crippen molar-refractivity contribution in [2.75, 3.05) is 5.32 Å². The van der Waals surface area contributed by atoms with E-state index in [1.165, 1.54) is 16.3 Å². The molecule has 3 heteroatoms. The van der Waals surface area contributed by atoms with E-state index < -0.39 is 0 Å². The number of aryl methyl sites for hydroxylation is 1. The maximum absolute atomic E-state index is 4.19. The Hall–Kier alpha value is -2.42. The van der Waals surface area contributed by atoms with Gasteiger partial charge in [-0.1, -0.05) is 18.2 Å². The fraction of sp³-hybridized carbons (Fsp3) is 0.125. The molecule has 0 aliphatic heterocycles. The Morgan fingerprint density at radius 3 is 2.89 bits per heavy atom. The third-order valence-corrected chi connectivity index (χ3v) is 3.13. The van der Waals surface area contributed by atoms with Crippen molar-refractivity contribution in [3.05, 3.63) is 66.2 Å². The molecule has 2 heterocycles. The molecule has 0 saturated carbocycles. The highest BCUT2D eigenvalue weighted by molar-refractivity contribution is 5.84. The van der Waals surface area contributed by atoms with E-state index in [1.54, 1.807) is 0 Å². The fourth-order valence-corrected chi connectivity index (χ4v) is 2.19. The highest BCUT2D eigenvalue weighted by Crippen LogP contribution is 2.18. The molecule has 0 saturated heterocycles. The standard InChI is InChI=1S/C16H15N3/c1-12-7-15(11-18-8-12)19-10-14-4-2-3-13-9-17-6-5-16(13)14/h2-9,11,19H,10H2,1H3. The first-order valence-electron chi connectivity index (χ1n) is 6.30. The average Bonchev–Trinajstić information content (AvgIpc) is 2.45. The zero-order chi connectivity index (χ0) is 13.1. The lowest BCUT2D eigenvalue weighted by atomic mass is 10.1. The molecule has 0 unspecified atom stereocenters. The smallest absolute Gasteiger partial charge is 0.0532 e. The number of fused-ring (bicyclic) bond motifs is 1. The molecule has 3 rings (SSSR count). The molecule has 19 heavy (non-hydrogen) atoms. The highest BCUT2D eigenvalue weighted by atomic mass is 14.9. The number of aromatic nitrogens is 2. The number of hydrogen-bond donors (Lipinski definition) is 1. The lowest BCUT2D eigenvalue weighted by molar-refractivity contribution is 1.14. The molecular weight excluding hydrogens is 234 g/mol. The van der Waals surface area contributed by atoms with E-state index in [2.05, 4.69) is 45.6 Å². The predicted molar refractivity (Wildman–Crippen MR) is 78.0 cm³/mol. The molecule has 1 N–H and O–H groups in total. The molecule has 1 aromatic carbocycles. The molecule has 0 aliphatic carbocycles. The van der Waals surface area contributed by atoms with Crippen LogP contribution in [-0.4, -0.2) is 9.97 Å². The van der Waals surface area contributed by atoms with Gasteiger partial charge in [-0.2, -0.15) is 0 Å². The van der Waals surface area contributed by atoms with Gasteiger partial charge < -0.3 is 5.32 Å². The topological polar surface area (TPSA) is 37.8 Å². The minimum atomic E-state index is 0.784. The van der Waals surface area contributed by atoms with E-state index in [-0.39, 0.29) is 0 Å². The van der Waals surface area contributed by atoms with Crippen molar-refractivity contribution in [3.63, 3.8) is 0 Å². The lowest BCUT2D eigenvalue weighted by Crippen LogP contribution is -2.00. The Bertz CT molecular complexity index is 702. The number of nitrogens with one attached hydrogen (secondary N) is 1. The summed E-state index contributed by atoms with van der Waals surface area (Å²) in [7, 11) is 0. The number of anilines is 1. The Kier molecular flexibility index (Phi) is 3.11. The summed E-state index contributed by atoms with van der Waals surface area (Å²) in [5.74, 6) is 0. The third-order valence-electron chi connectivity index (χ3n) is 3.13. The maximum atomic E-state index is 4.19. The zero-order valence-corrected chi connectivity index (χ0v) is 10.8. The van der Waals surface area contributed by atoms with Crippen molar-refractivity contribution in [2.24, 2.45) is 0 Å². The van der Waals surface area contributed by atoms with Crippen molar-refractivity contribution >= 4 is 16.5 Å². The van der Waals surface area contributed by atoms with Gasteiger partial charge >= 0.3 is 0 Å². The normalized spacial score (nSPS) is 10.6. The van der Waals surface area contributed by atoms with Gasteiger partial charge in [0, 0.05) is 36.7 Å². The molecule has 0 aliphatic rings. The van der Waals surface area contributed by atoms with Gasteiger partial charge in [-0.05, 0) is 35.6 Å². The van der Waals surface area contributed by atoms with Crippen LogP contribution in [0.5, 0.6) is 0 Å². The van der Waals surface area contributed by atoms with Gasteiger partial charge in [0.15, 0.2) is 0 Å². The summed E-state index contributed by atoms with van der Waals surface area (Å²) in [6.45, 7) is 2.83. The summed E-state index contributed by atoms with van der Waals surface area (Å²) in [4.78, 5) is 8.34. The molecule has 3 aromatic rings. The van der Waals surface area contributed by atoms with Crippen LogP contribution in [0.25, 0.3) is 10.8 Å². The van der Waals surface area contributed by atoms with Crippen LogP contribution in [0.15, 0.2) is 55.1 Å². The van der Waals surface area contributed by atoms with Gasteiger partial charge in [0.05, 0.1) is 5.69 Å². The molecule has 0 bridgehead atoms. The average molecular weight is 249 g/mol. The Morgan fingerprint density at radius 1 is 1.05 bits per heavy atom. The highest BCUT2D eigenvalue weighted by Gasteiger charge is 2.00. The molecule has 0 fully saturated rings. The Balaban J connectivity index is 1.86. The minimum Gasteiger partial charge on any atom is -0.380 e. The molecule has 0 spiro atoms. The van der Waals surface area contributed by atoms with Gasteiger partial charge in [0.25, 0.3) is 0 Å². The van der Waals surface area contributed by atoms with Crippen molar-refractivity contribution in [1.29, 1.82) is 0 Å². The largest absolute Gasteiger partial charge is 0.380 e. The van der Waals surface area contributed by atoms with E-state index in [9.17, 15) is 0 Å². The number of rotatable bonds is 3.